The topological polar surface area (TPSA) is 55.6 Å². The predicted molar refractivity (Wildman–Crippen MR) is 146 cm³/mol. The SMILES string of the molecule is Nc1cc(C(=O)CN(CCOc2cccc3c4c(sc23)CCCC4)Cc2ccccc2)ccc1Cl. The molecular weight excluding hydrogens is 476 g/mol. The average molecular weight is 505 g/mol. The molecule has 0 saturated carbocycles. The number of nitrogens with zero attached hydrogens (tertiary/aromatic N) is 1. The van der Waals surface area contributed by atoms with Crippen LogP contribution in [0.15, 0.2) is 66.7 Å². The Labute approximate surface area is 215 Å². The number of rotatable bonds is 9. The largest absolute Gasteiger partial charge is 0.491 e. The second-order valence-electron chi connectivity index (χ2n) is 9.05. The molecule has 2 N–H and O–H groups in total. The minimum Gasteiger partial charge on any atom is -0.491 e. The highest BCUT2D eigenvalue weighted by Crippen LogP contribution is 2.40. The van der Waals surface area contributed by atoms with Crippen LogP contribution in [0.4, 0.5) is 5.69 Å². The van der Waals surface area contributed by atoms with Crippen LogP contribution in [0.25, 0.3) is 10.1 Å². The number of hydrogen-bond donors (Lipinski definition) is 1. The lowest BCUT2D eigenvalue weighted by atomic mass is 9.96. The maximum absolute atomic E-state index is 13.0. The lowest BCUT2D eigenvalue weighted by Crippen LogP contribution is -2.33. The minimum atomic E-state index is 0.0114. The van der Waals surface area contributed by atoms with E-state index in [2.05, 4.69) is 35.2 Å². The van der Waals surface area contributed by atoms with Crippen molar-refractivity contribution in [1.82, 2.24) is 4.90 Å². The van der Waals surface area contributed by atoms with Gasteiger partial charge in [0.15, 0.2) is 5.78 Å². The van der Waals surface area contributed by atoms with Gasteiger partial charge in [0.1, 0.15) is 12.4 Å². The number of carbonyl (C=O) groups is 1. The van der Waals surface area contributed by atoms with Gasteiger partial charge in [0, 0.05) is 23.5 Å². The summed E-state index contributed by atoms with van der Waals surface area (Å²) in [5.74, 6) is 0.954. The van der Waals surface area contributed by atoms with Crippen LogP contribution in [-0.2, 0) is 19.4 Å². The summed E-state index contributed by atoms with van der Waals surface area (Å²) in [5.41, 5.74) is 9.58. The van der Waals surface area contributed by atoms with Gasteiger partial charge in [-0.15, -0.1) is 11.3 Å². The fourth-order valence-electron chi connectivity index (χ4n) is 4.72. The Kier molecular flexibility index (Phi) is 7.37. The van der Waals surface area contributed by atoms with Gasteiger partial charge < -0.3 is 10.5 Å². The zero-order valence-electron chi connectivity index (χ0n) is 19.6. The fraction of sp³-hybridized carbons (Fsp3) is 0.276. The van der Waals surface area contributed by atoms with Crippen LogP contribution >= 0.6 is 22.9 Å². The summed E-state index contributed by atoms with van der Waals surface area (Å²) in [6.07, 6.45) is 4.89. The molecule has 6 heteroatoms. The summed E-state index contributed by atoms with van der Waals surface area (Å²) in [6, 6.07) is 21.6. The Bertz CT molecular complexity index is 1340. The van der Waals surface area contributed by atoms with Crippen LogP contribution in [0.2, 0.25) is 5.02 Å². The van der Waals surface area contributed by atoms with Gasteiger partial charge in [0.25, 0.3) is 0 Å². The molecule has 0 fully saturated rings. The van der Waals surface area contributed by atoms with E-state index < -0.39 is 0 Å². The highest BCUT2D eigenvalue weighted by atomic mass is 35.5. The van der Waals surface area contributed by atoms with Gasteiger partial charge >= 0.3 is 0 Å². The second-order valence-corrected chi connectivity index (χ2v) is 10.6. The number of ketones is 1. The molecule has 0 radical (unpaired) electrons. The summed E-state index contributed by atoms with van der Waals surface area (Å²) in [4.78, 5) is 16.7. The van der Waals surface area contributed by atoms with Crippen LogP contribution in [0.5, 0.6) is 5.75 Å². The molecule has 180 valence electrons. The van der Waals surface area contributed by atoms with Crippen LogP contribution in [-0.4, -0.2) is 30.4 Å². The second kappa shape index (κ2) is 10.8. The Morgan fingerprint density at radius 1 is 1.03 bits per heavy atom. The zero-order chi connectivity index (χ0) is 24.2. The quantitative estimate of drug-likeness (QED) is 0.201. The van der Waals surface area contributed by atoms with Crippen LogP contribution in [0.3, 0.4) is 0 Å². The molecule has 35 heavy (non-hydrogen) atoms. The Balaban J connectivity index is 1.30. The van der Waals surface area contributed by atoms with Gasteiger partial charge in [0.05, 0.1) is 22.0 Å². The minimum absolute atomic E-state index is 0.0114. The number of nitrogens with two attached hydrogens (primary N) is 1. The molecule has 1 aliphatic rings. The number of thiophene rings is 1. The molecule has 0 atom stereocenters. The Hall–Kier alpha value is -2.86. The van der Waals surface area contributed by atoms with Gasteiger partial charge in [-0.25, -0.2) is 0 Å². The van der Waals surface area contributed by atoms with Crippen molar-refractivity contribution in [3.05, 3.63) is 93.3 Å². The van der Waals surface area contributed by atoms with Crippen molar-refractivity contribution in [3.63, 3.8) is 0 Å². The van der Waals surface area contributed by atoms with Crippen LogP contribution in [0, 0.1) is 0 Å². The molecule has 5 rings (SSSR count). The monoisotopic (exact) mass is 504 g/mol. The summed E-state index contributed by atoms with van der Waals surface area (Å²) in [6.45, 7) is 2.07. The number of hydrogen-bond acceptors (Lipinski definition) is 5. The molecule has 4 aromatic rings. The first-order chi connectivity index (χ1) is 17.1. The van der Waals surface area contributed by atoms with E-state index >= 15 is 0 Å². The molecular formula is C29H29ClN2O2S. The van der Waals surface area contributed by atoms with Crippen LogP contribution < -0.4 is 10.5 Å². The molecule has 1 heterocycles. The van der Waals surface area contributed by atoms with Crippen molar-refractivity contribution < 1.29 is 9.53 Å². The number of aryl methyl sites for hydroxylation is 2. The summed E-state index contributed by atoms with van der Waals surface area (Å²) in [5, 5.41) is 1.80. The van der Waals surface area contributed by atoms with Crippen LogP contribution in [0.1, 0.15) is 39.2 Å². The van der Waals surface area contributed by atoms with Crippen molar-refractivity contribution in [2.24, 2.45) is 0 Å². The molecule has 1 aromatic heterocycles. The van der Waals surface area contributed by atoms with Crippen molar-refractivity contribution in [2.45, 2.75) is 32.2 Å². The number of nitrogen functional groups attached to an aromatic ring is 1. The van der Waals surface area contributed by atoms with Crippen molar-refractivity contribution in [3.8, 4) is 5.75 Å². The molecule has 3 aromatic carbocycles. The van der Waals surface area contributed by atoms with E-state index in [4.69, 9.17) is 22.1 Å². The van der Waals surface area contributed by atoms with Gasteiger partial charge in [-0.1, -0.05) is 54.1 Å². The number of fused-ring (bicyclic) bond motifs is 3. The summed E-state index contributed by atoms with van der Waals surface area (Å²) < 4.78 is 7.56. The maximum atomic E-state index is 13.0. The molecule has 0 saturated heterocycles. The smallest absolute Gasteiger partial charge is 0.176 e. The van der Waals surface area contributed by atoms with E-state index in [-0.39, 0.29) is 12.3 Å². The number of Topliss-reactive ketones (excluding diaryl/α,β-unsaturated/α-hetero) is 1. The van der Waals surface area contributed by atoms with Crippen molar-refractivity contribution in [2.75, 3.05) is 25.4 Å². The molecule has 0 amide bonds. The first-order valence-electron chi connectivity index (χ1n) is 12.1. The molecule has 4 nitrogen and oxygen atoms in total. The first-order valence-corrected chi connectivity index (χ1v) is 13.3. The third-order valence-electron chi connectivity index (χ3n) is 6.55. The Morgan fingerprint density at radius 3 is 2.69 bits per heavy atom. The van der Waals surface area contributed by atoms with Crippen molar-refractivity contribution >= 4 is 44.5 Å². The number of carbonyl (C=O) groups excluding carboxylic acids is 1. The fourth-order valence-corrected chi connectivity index (χ4v) is 6.20. The number of halogens is 1. The lowest BCUT2D eigenvalue weighted by molar-refractivity contribution is 0.0913. The van der Waals surface area contributed by atoms with E-state index in [1.807, 2.05) is 29.5 Å². The maximum Gasteiger partial charge on any atom is 0.176 e. The van der Waals surface area contributed by atoms with E-state index in [9.17, 15) is 4.79 Å². The molecule has 0 unspecified atom stereocenters. The van der Waals surface area contributed by atoms with E-state index in [0.717, 1.165) is 11.3 Å². The third-order valence-corrected chi connectivity index (χ3v) is 8.21. The normalized spacial score (nSPS) is 13.2. The number of benzene rings is 3. The van der Waals surface area contributed by atoms with E-state index in [1.165, 1.54) is 46.2 Å². The summed E-state index contributed by atoms with van der Waals surface area (Å²) >= 11 is 7.92. The highest BCUT2D eigenvalue weighted by Gasteiger charge is 2.19. The highest BCUT2D eigenvalue weighted by molar-refractivity contribution is 7.19. The van der Waals surface area contributed by atoms with E-state index in [0.29, 0.717) is 36.0 Å². The zero-order valence-corrected chi connectivity index (χ0v) is 21.2. The van der Waals surface area contributed by atoms with Gasteiger partial charge in [-0.05, 0) is 66.5 Å². The average Bonchev–Trinajstić information content (AvgIpc) is 3.26. The first kappa shape index (κ1) is 23.9. The lowest BCUT2D eigenvalue weighted by Gasteiger charge is -2.22. The van der Waals surface area contributed by atoms with E-state index in [1.54, 1.807) is 18.2 Å². The summed E-state index contributed by atoms with van der Waals surface area (Å²) in [7, 11) is 0. The number of ether oxygens (including phenoxy) is 1. The molecule has 0 spiro atoms. The predicted octanol–water partition coefficient (Wildman–Crippen LogP) is 6.78. The van der Waals surface area contributed by atoms with Gasteiger partial charge in [0.2, 0.25) is 0 Å². The van der Waals surface area contributed by atoms with Gasteiger partial charge in [-0.3, -0.25) is 9.69 Å². The molecule has 0 bridgehead atoms. The third kappa shape index (κ3) is 5.53. The Morgan fingerprint density at radius 2 is 1.86 bits per heavy atom. The van der Waals surface area contributed by atoms with Crippen molar-refractivity contribution in [1.29, 1.82) is 0 Å². The standard InChI is InChI=1S/C29H29ClN2O2S/c30-24-14-13-21(17-25(24)31)26(33)19-32(18-20-7-2-1-3-8-20)15-16-34-27-11-6-10-23-22-9-4-5-12-28(22)35-29(23)27/h1-3,6-8,10-11,13-14,17H,4-5,9,12,15-16,18-19,31H2. The molecule has 1 aliphatic carbocycles. The number of anilines is 1. The van der Waals surface area contributed by atoms with Gasteiger partial charge in [-0.2, -0.15) is 0 Å². The molecule has 0 aliphatic heterocycles.